The summed E-state index contributed by atoms with van der Waals surface area (Å²) < 4.78 is 55.1. The first kappa shape index (κ1) is 20.3. The summed E-state index contributed by atoms with van der Waals surface area (Å²) in [6, 6.07) is 5.01. The fraction of sp³-hybridized carbons (Fsp3) is 0.0625. The van der Waals surface area contributed by atoms with Gasteiger partial charge in [0.05, 0.1) is 16.2 Å². The Morgan fingerprint density at radius 1 is 1.21 bits per heavy atom. The standard InChI is InChI=1S/C16H13ClF2N4O3S2/c17-10-4-14(28(25,26)23-15-6-27-7-21-15)12(19)5-13(10)22-16(20)9-3-8(24)1-2-11(9)18/h1-7,16,22-24H,20H2/t16-/m1/s1. The van der Waals surface area contributed by atoms with E-state index in [-0.39, 0.29) is 27.8 Å². The molecule has 12 heteroatoms. The zero-order valence-electron chi connectivity index (χ0n) is 13.9. The van der Waals surface area contributed by atoms with Crippen LogP contribution in [-0.4, -0.2) is 18.5 Å². The molecule has 3 rings (SSSR count). The van der Waals surface area contributed by atoms with Gasteiger partial charge in [0.1, 0.15) is 28.4 Å². The minimum Gasteiger partial charge on any atom is -0.508 e. The minimum absolute atomic E-state index is 0.0455. The van der Waals surface area contributed by atoms with Crippen molar-refractivity contribution >= 4 is 44.5 Å². The number of nitrogens with one attached hydrogen (secondary N) is 2. The van der Waals surface area contributed by atoms with Crippen molar-refractivity contribution in [1.29, 1.82) is 0 Å². The Morgan fingerprint density at radius 2 is 1.96 bits per heavy atom. The van der Waals surface area contributed by atoms with Gasteiger partial charge in [0, 0.05) is 10.9 Å². The summed E-state index contributed by atoms with van der Waals surface area (Å²) in [5.74, 6) is -1.95. The van der Waals surface area contributed by atoms with Crippen LogP contribution in [0.4, 0.5) is 20.3 Å². The third-order valence-electron chi connectivity index (χ3n) is 3.61. The molecule has 0 saturated carbocycles. The fourth-order valence-corrected chi connectivity index (χ4v) is 4.24. The number of nitrogens with two attached hydrogens (primary N) is 1. The predicted molar refractivity (Wildman–Crippen MR) is 103 cm³/mol. The Balaban J connectivity index is 1.88. The number of aromatic nitrogens is 1. The van der Waals surface area contributed by atoms with Gasteiger partial charge in [-0.3, -0.25) is 4.72 Å². The molecular formula is C16H13ClF2N4O3S2. The zero-order chi connectivity index (χ0) is 20.5. The average Bonchev–Trinajstić information content (AvgIpc) is 3.11. The van der Waals surface area contributed by atoms with E-state index >= 15 is 0 Å². The SMILES string of the molecule is N[C@H](Nc1cc(F)c(S(=O)(=O)Nc2cscn2)cc1Cl)c1cc(O)ccc1F. The van der Waals surface area contributed by atoms with E-state index in [1.165, 1.54) is 10.9 Å². The van der Waals surface area contributed by atoms with E-state index in [4.69, 9.17) is 17.3 Å². The van der Waals surface area contributed by atoms with Crippen LogP contribution in [0.3, 0.4) is 0 Å². The van der Waals surface area contributed by atoms with Crippen LogP contribution in [0.15, 0.2) is 46.1 Å². The lowest BCUT2D eigenvalue weighted by atomic mass is 10.1. The molecule has 0 aliphatic carbocycles. The second-order valence-electron chi connectivity index (χ2n) is 5.57. The van der Waals surface area contributed by atoms with Crippen LogP contribution in [0, 0.1) is 11.6 Å². The van der Waals surface area contributed by atoms with E-state index in [9.17, 15) is 22.3 Å². The lowest BCUT2D eigenvalue weighted by Gasteiger charge is -2.18. The summed E-state index contributed by atoms with van der Waals surface area (Å²) in [7, 11) is -4.26. The molecule has 0 bridgehead atoms. The van der Waals surface area contributed by atoms with E-state index in [0.29, 0.717) is 0 Å². The van der Waals surface area contributed by atoms with E-state index in [0.717, 1.165) is 41.7 Å². The number of hydrogen-bond acceptors (Lipinski definition) is 7. The number of aromatic hydroxyl groups is 1. The number of nitrogens with zero attached hydrogens (tertiary/aromatic N) is 1. The van der Waals surface area contributed by atoms with Crippen molar-refractivity contribution in [2.24, 2.45) is 5.73 Å². The molecule has 2 aromatic carbocycles. The average molecular weight is 447 g/mol. The van der Waals surface area contributed by atoms with E-state index in [1.54, 1.807) is 0 Å². The molecule has 0 aliphatic rings. The van der Waals surface area contributed by atoms with Gasteiger partial charge in [-0.15, -0.1) is 11.3 Å². The van der Waals surface area contributed by atoms with Crippen molar-refractivity contribution in [2.45, 2.75) is 11.1 Å². The smallest absolute Gasteiger partial charge is 0.266 e. The second kappa shape index (κ2) is 7.87. The van der Waals surface area contributed by atoms with Gasteiger partial charge in [-0.1, -0.05) is 11.6 Å². The summed E-state index contributed by atoms with van der Waals surface area (Å²) in [6.07, 6.45) is -1.18. The van der Waals surface area contributed by atoms with Crippen molar-refractivity contribution in [3.63, 3.8) is 0 Å². The number of halogens is 3. The van der Waals surface area contributed by atoms with Crippen molar-refractivity contribution in [1.82, 2.24) is 4.98 Å². The van der Waals surface area contributed by atoms with Crippen LogP contribution < -0.4 is 15.8 Å². The summed E-state index contributed by atoms with van der Waals surface area (Å²) in [6.45, 7) is 0. The molecule has 1 aromatic heterocycles. The summed E-state index contributed by atoms with van der Waals surface area (Å²) >= 11 is 7.22. The first-order chi connectivity index (χ1) is 13.2. The van der Waals surface area contributed by atoms with Crippen LogP contribution in [0.2, 0.25) is 5.02 Å². The summed E-state index contributed by atoms with van der Waals surface area (Å²) in [5.41, 5.74) is 7.12. The number of benzene rings is 2. The first-order valence-electron chi connectivity index (χ1n) is 7.58. The molecule has 1 heterocycles. The van der Waals surface area contributed by atoms with Gasteiger partial charge in [0.15, 0.2) is 5.82 Å². The van der Waals surface area contributed by atoms with Gasteiger partial charge < -0.3 is 16.2 Å². The molecule has 0 aliphatic heterocycles. The van der Waals surface area contributed by atoms with Crippen molar-refractivity contribution in [3.05, 3.63) is 63.4 Å². The number of thiazole rings is 1. The van der Waals surface area contributed by atoms with Crippen molar-refractivity contribution in [2.75, 3.05) is 10.0 Å². The topological polar surface area (TPSA) is 117 Å². The maximum atomic E-state index is 14.5. The quantitative estimate of drug-likeness (QED) is 0.429. The number of hydrogen-bond donors (Lipinski definition) is 4. The largest absolute Gasteiger partial charge is 0.508 e. The molecular weight excluding hydrogens is 434 g/mol. The molecule has 7 nitrogen and oxygen atoms in total. The number of sulfonamides is 1. The molecule has 148 valence electrons. The van der Waals surface area contributed by atoms with Crippen molar-refractivity contribution in [3.8, 4) is 5.75 Å². The summed E-state index contributed by atoms with van der Waals surface area (Å²) in [4.78, 5) is 3.09. The van der Waals surface area contributed by atoms with Gasteiger partial charge in [0.25, 0.3) is 10.0 Å². The zero-order valence-corrected chi connectivity index (χ0v) is 16.2. The number of phenolic OH excluding ortho intramolecular Hbond substituents is 1. The van der Waals surface area contributed by atoms with Gasteiger partial charge in [-0.2, -0.15) is 0 Å². The Hall–Kier alpha value is -2.47. The molecule has 0 amide bonds. The number of phenols is 1. The Bertz CT molecular complexity index is 1110. The molecule has 0 radical (unpaired) electrons. The van der Waals surface area contributed by atoms with E-state index in [2.05, 4.69) is 15.0 Å². The molecule has 0 fully saturated rings. The molecule has 28 heavy (non-hydrogen) atoms. The van der Waals surface area contributed by atoms with Crippen molar-refractivity contribution < 1.29 is 22.3 Å². The van der Waals surface area contributed by atoms with Crippen LogP contribution in [0.25, 0.3) is 0 Å². The highest BCUT2D eigenvalue weighted by atomic mass is 35.5. The van der Waals surface area contributed by atoms with Gasteiger partial charge in [-0.25, -0.2) is 22.2 Å². The maximum absolute atomic E-state index is 14.5. The maximum Gasteiger partial charge on any atom is 0.266 e. The third kappa shape index (κ3) is 4.33. The van der Waals surface area contributed by atoms with Crippen LogP contribution >= 0.6 is 22.9 Å². The Morgan fingerprint density at radius 3 is 2.64 bits per heavy atom. The van der Waals surface area contributed by atoms with Gasteiger partial charge in [0.2, 0.25) is 0 Å². The molecule has 3 aromatic rings. The first-order valence-corrected chi connectivity index (χ1v) is 10.4. The number of anilines is 2. The fourth-order valence-electron chi connectivity index (χ4n) is 2.32. The molecule has 0 saturated heterocycles. The monoisotopic (exact) mass is 446 g/mol. The van der Waals surface area contributed by atoms with E-state index in [1.807, 2.05) is 0 Å². The predicted octanol–water partition coefficient (Wildman–Crippen LogP) is 3.65. The molecule has 5 N–H and O–H groups in total. The Kier molecular flexibility index (Phi) is 5.70. The van der Waals surface area contributed by atoms with Gasteiger partial charge >= 0.3 is 0 Å². The molecule has 0 spiro atoms. The highest BCUT2D eigenvalue weighted by Crippen LogP contribution is 2.31. The lowest BCUT2D eigenvalue weighted by molar-refractivity contribution is 0.470. The lowest BCUT2D eigenvalue weighted by Crippen LogP contribution is -2.22. The second-order valence-corrected chi connectivity index (χ2v) is 8.35. The third-order valence-corrected chi connectivity index (χ3v) is 5.88. The molecule has 1 atom stereocenters. The van der Waals surface area contributed by atoms with E-state index < -0.39 is 32.7 Å². The van der Waals surface area contributed by atoms with Crippen LogP contribution in [0.1, 0.15) is 11.7 Å². The van der Waals surface area contributed by atoms with Crippen LogP contribution in [-0.2, 0) is 10.0 Å². The minimum atomic E-state index is -4.26. The highest BCUT2D eigenvalue weighted by Gasteiger charge is 2.23. The number of rotatable bonds is 6. The summed E-state index contributed by atoms with van der Waals surface area (Å²) in [5, 5.41) is 13.3. The van der Waals surface area contributed by atoms with Crippen LogP contribution in [0.5, 0.6) is 5.75 Å². The molecule has 0 unspecified atom stereocenters. The Labute approximate surface area is 167 Å². The highest BCUT2D eigenvalue weighted by molar-refractivity contribution is 7.92. The van der Waals surface area contributed by atoms with Gasteiger partial charge in [-0.05, 0) is 30.3 Å². The normalized spacial score (nSPS) is 12.6.